The molecule has 0 aromatic carbocycles. The third-order valence-corrected chi connectivity index (χ3v) is 3.51. The molecule has 0 aliphatic rings. The van der Waals surface area contributed by atoms with E-state index < -0.39 is 14.2 Å². The van der Waals surface area contributed by atoms with Gasteiger partial charge in [-0.25, -0.2) is 4.79 Å². The van der Waals surface area contributed by atoms with Crippen molar-refractivity contribution in [3.63, 3.8) is 0 Å². The lowest BCUT2D eigenvalue weighted by molar-refractivity contribution is 0.0493. The van der Waals surface area contributed by atoms with Crippen molar-refractivity contribution in [3.8, 4) is 0 Å². The summed E-state index contributed by atoms with van der Waals surface area (Å²) in [6, 6.07) is 0. The molecule has 0 rings (SSSR count). The quantitative estimate of drug-likeness (QED) is 0.391. The van der Waals surface area contributed by atoms with Crippen molar-refractivity contribution in [2.75, 3.05) is 7.11 Å². The molecule has 0 radical (unpaired) electrons. The fourth-order valence-electron chi connectivity index (χ4n) is 1.36. The molecule has 0 heterocycles. The topological polar surface area (TPSA) is 35.5 Å². The van der Waals surface area contributed by atoms with Gasteiger partial charge in [-0.05, 0) is 12.8 Å². The maximum atomic E-state index is 11.1. The van der Waals surface area contributed by atoms with Gasteiger partial charge in [-0.1, -0.05) is 51.2 Å². The molecule has 1 atom stereocenters. The van der Waals surface area contributed by atoms with Gasteiger partial charge >= 0.3 is 6.16 Å². The van der Waals surface area contributed by atoms with E-state index in [9.17, 15) is 4.79 Å². The van der Waals surface area contributed by atoms with Crippen LogP contribution in [-0.4, -0.2) is 27.4 Å². The third kappa shape index (κ3) is 10.1. The smallest absolute Gasteiger partial charge is 0.438 e. The molecular formula is C13H26O3Si. The third-order valence-electron chi connectivity index (χ3n) is 2.32. The van der Waals surface area contributed by atoms with Gasteiger partial charge in [0.15, 0.2) is 0 Å². The molecule has 100 valence electrons. The van der Waals surface area contributed by atoms with E-state index in [4.69, 9.17) is 4.74 Å². The Labute approximate surface area is 106 Å². The Bertz CT molecular complexity index is 244. The Morgan fingerprint density at radius 1 is 1.29 bits per heavy atom. The van der Waals surface area contributed by atoms with Gasteiger partial charge in [-0.3, -0.25) is 0 Å². The normalized spacial score (nSPS) is 13.7. The molecule has 0 fully saturated rings. The monoisotopic (exact) mass is 258 g/mol. The van der Waals surface area contributed by atoms with E-state index in [0.29, 0.717) is 0 Å². The number of ether oxygens (including phenoxy) is 2. The van der Waals surface area contributed by atoms with Gasteiger partial charge in [-0.2, -0.15) is 0 Å². The molecular weight excluding hydrogens is 232 g/mol. The second-order valence-electron chi connectivity index (χ2n) is 5.33. The van der Waals surface area contributed by atoms with E-state index in [2.05, 4.69) is 37.0 Å². The highest BCUT2D eigenvalue weighted by Crippen LogP contribution is 2.11. The van der Waals surface area contributed by atoms with Crippen LogP contribution in [0.5, 0.6) is 0 Å². The molecule has 0 aliphatic heterocycles. The molecule has 0 N–H and O–H groups in total. The SMILES string of the molecule is CCCCC[C@H](/C=C/[Si](C)(C)C)OC(=O)OC. The second kappa shape index (κ2) is 8.34. The lowest BCUT2D eigenvalue weighted by atomic mass is 10.1. The number of carbonyl (C=O) groups is 1. The Kier molecular flexibility index (Phi) is 7.96. The van der Waals surface area contributed by atoms with Crippen molar-refractivity contribution in [1.29, 1.82) is 0 Å². The van der Waals surface area contributed by atoms with E-state index in [1.807, 2.05) is 6.08 Å². The highest BCUT2D eigenvalue weighted by molar-refractivity contribution is 6.80. The second-order valence-corrected chi connectivity index (χ2v) is 10.4. The maximum absolute atomic E-state index is 11.1. The summed E-state index contributed by atoms with van der Waals surface area (Å²) < 4.78 is 9.75. The zero-order chi connectivity index (χ0) is 13.3. The van der Waals surface area contributed by atoms with Crippen LogP contribution in [0.2, 0.25) is 19.6 Å². The number of hydrogen-bond donors (Lipinski definition) is 0. The molecule has 0 saturated carbocycles. The number of unbranched alkanes of at least 4 members (excludes halogenated alkanes) is 2. The summed E-state index contributed by atoms with van der Waals surface area (Å²) in [4.78, 5) is 11.1. The summed E-state index contributed by atoms with van der Waals surface area (Å²) in [5, 5.41) is 0. The predicted octanol–water partition coefficient (Wildman–Crippen LogP) is 4.15. The number of carbonyl (C=O) groups excluding carboxylic acids is 1. The van der Waals surface area contributed by atoms with Gasteiger partial charge in [0.1, 0.15) is 6.10 Å². The van der Waals surface area contributed by atoms with Crippen LogP contribution < -0.4 is 0 Å². The van der Waals surface area contributed by atoms with Crippen molar-refractivity contribution in [1.82, 2.24) is 0 Å². The van der Waals surface area contributed by atoms with E-state index in [1.54, 1.807) is 0 Å². The van der Waals surface area contributed by atoms with Crippen molar-refractivity contribution in [2.45, 2.75) is 58.4 Å². The zero-order valence-electron chi connectivity index (χ0n) is 11.8. The van der Waals surface area contributed by atoms with Gasteiger partial charge in [-0.15, -0.1) is 0 Å². The molecule has 0 unspecified atom stereocenters. The molecule has 0 saturated heterocycles. The molecule has 0 spiro atoms. The Balaban J connectivity index is 4.29. The zero-order valence-corrected chi connectivity index (χ0v) is 12.8. The van der Waals surface area contributed by atoms with Gasteiger partial charge in [0.25, 0.3) is 0 Å². The average molecular weight is 258 g/mol. The summed E-state index contributed by atoms with van der Waals surface area (Å²) in [6.45, 7) is 8.92. The number of methoxy groups -OCH3 is 1. The van der Waals surface area contributed by atoms with Crippen molar-refractivity contribution in [3.05, 3.63) is 11.8 Å². The minimum Gasteiger partial charge on any atom is -0.438 e. The first-order valence-electron chi connectivity index (χ1n) is 6.33. The first kappa shape index (κ1) is 16.2. The standard InChI is InChI=1S/C13H26O3Si/c1-6-7-8-9-12(16-13(14)15-2)10-11-17(3,4)5/h10-12H,6-9H2,1-5H3/b11-10+/t12-/m1/s1. The van der Waals surface area contributed by atoms with Crippen LogP contribution >= 0.6 is 0 Å². The summed E-state index contributed by atoms with van der Waals surface area (Å²) in [5.74, 6) is 0. The first-order valence-corrected chi connectivity index (χ1v) is 9.90. The molecule has 3 nitrogen and oxygen atoms in total. The number of hydrogen-bond acceptors (Lipinski definition) is 3. The Morgan fingerprint density at radius 2 is 1.94 bits per heavy atom. The average Bonchev–Trinajstić information content (AvgIpc) is 2.24. The van der Waals surface area contributed by atoms with E-state index in [0.717, 1.165) is 12.8 Å². The van der Waals surface area contributed by atoms with Gasteiger partial charge in [0.2, 0.25) is 0 Å². The highest BCUT2D eigenvalue weighted by atomic mass is 28.3. The van der Waals surface area contributed by atoms with Crippen LogP contribution in [0.3, 0.4) is 0 Å². The van der Waals surface area contributed by atoms with Crippen molar-refractivity contribution >= 4 is 14.2 Å². The van der Waals surface area contributed by atoms with Crippen LogP contribution in [0.15, 0.2) is 11.8 Å². The Morgan fingerprint density at radius 3 is 2.41 bits per heavy atom. The molecule has 0 aromatic rings. The first-order chi connectivity index (χ1) is 7.89. The predicted molar refractivity (Wildman–Crippen MR) is 73.9 cm³/mol. The van der Waals surface area contributed by atoms with Crippen LogP contribution in [0.1, 0.15) is 32.6 Å². The van der Waals surface area contributed by atoms with Crippen LogP contribution in [0.25, 0.3) is 0 Å². The van der Waals surface area contributed by atoms with Gasteiger partial charge < -0.3 is 9.47 Å². The van der Waals surface area contributed by atoms with Gasteiger partial charge in [0, 0.05) is 0 Å². The summed E-state index contributed by atoms with van der Waals surface area (Å²) in [5.41, 5.74) is 2.21. The summed E-state index contributed by atoms with van der Waals surface area (Å²) in [6.07, 6.45) is 5.59. The van der Waals surface area contributed by atoms with E-state index >= 15 is 0 Å². The van der Waals surface area contributed by atoms with Gasteiger partial charge in [0.05, 0.1) is 15.2 Å². The minimum absolute atomic E-state index is 0.138. The fraction of sp³-hybridized carbons (Fsp3) is 0.769. The molecule has 0 amide bonds. The maximum Gasteiger partial charge on any atom is 0.508 e. The van der Waals surface area contributed by atoms with E-state index in [-0.39, 0.29) is 6.10 Å². The minimum atomic E-state index is -1.24. The highest BCUT2D eigenvalue weighted by Gasteiger charge is 2.14. The van der Waals surface area contributed by atoms with Crippen LogP contribution in [0.4, 0.5) is 4.79 Å². The van der Waals surface area contributed by atoms with Crippen molar-refractivity contribution < 1.29 is 14.3 Å². The largest absolute Gasteiger partial charge is 0.508 e. The lowest BCUT2D eigenvalue weighted by Crippen LogP contribution is -2.20. The fourth-order valence-corrected chi connectivity index (χ4v) is 2.15. The molecule has 0 aromatic heterocycles. The van der Waals surface area contributed by atoms with Crippen molar-refractivity contribution in [2.24, 2.45) is 0 Å². The molecule has 0 bridgehead atoms. The Hall–Kier alpha value is -0.773. The van der Waals surface area contributed by atoms with Crippen LogP contribution in [-0.2, 0) is 9.47 Å². The summed E-state index contributed by atoms with van der Waals surface area (Å²) in [7, 11) is 0.0995. The molecule has 4 heteroatoms. The summed E-state index contributed by atoms with van der Waals surface area (Å²) >= 11 is 0. The number of rotatable bonds is 7. The lowest BCUT2D eigenvalue weighted by Gasteiger charge is -2.15. The molecule has 17 heavy (non-hydrogen) atoms. The molecule has 0 aliphatic carbocycles. The van der Waals surface area contributed by atoms with Crippen LogP contribution in [0, 0.1) is 0 Å². The van der Waals surface area contributed by atoms with E-state index in [1.165, 1.54) is 20.0 Å².